The van der Waals surface area contributed by atoms with Crippen molar-refractivity contribution in [3.05, 3.63) is 41.6 Å². The van der Waals surface area contributed by atoms with E-state index in [4.69, 9.17) is 9.15 Å². The minimum atomic E-state index is -0.178. The van der Waals surface area contributed by atoms with Crippen LogP contribution in [0.15, 0.2) is 28.7 Å². The van der Waals surface area contributed by atoms with Crippen LogP contribution in [0.25, 0.3) is 0 Å². The predicted molar refractivity (Wildman–Crippen MR) is 85.3 cm³/mol. The quantitative estimate of drug-likeness (QED) is 0.939. The molecule has 0 radical (unpaired) electrons. The van der Waals surface area contributed by atoms with Gasteiger partial charge in [0.05, 0.1) is 24.9 Å². The van der Waals surface area contributed by atoms with Gasteiger partial charge in [-0.05, 0) is 19.1 Å². The molecule has 0 aliphatic rings. The van der Waals surface area contributed by atoms with Crippen LogP contribution in [0.1, 0.15) is 38.1 Å². The number of hydrogen-bond acceptors (Lipinski definition) is 4. The van der Waals surface area contributed by atoms with E-state index < -0.39 is 0 Å². The first kappa shape index (κ1) is 16.1. The van der Waals surface area contributed by atoms with Gasteiger partial charge in [0.15, 0.2) is 5.89 Å². The van der Waals surface area contributed by atoms with Gasteiger partial charge in [0.2, 0.25) is 5.91 Å². The topological polar surface area (TPSA) is 64.4 Å². The van der Waals surface area contributed by atoms with E-state index in [0.717, 1.165) is 5.69 Å². The summed E-state index contributed by atoms with van der Waals surface area (Å²) in [7, 11) is 1.57. The molecule has 2 rings (SSSR count). The summed E-state index contributed by atoms with van der Waals surface area (Å²) in [4.78, 5) is 16.6. The van der Waals surface area contributed by atoms with Gasteiger partial charge in [-0.3, -0.25) is 4.79 Å². The number of nitrogens with zero attached hydrogens (tertiary/aromatic N) is 1. The third kappa shape index (κ3) is 3.67. The van der Waals surface area contributed by atoms with Crippen molar-refractivity contribution < 1.29 is 13.9 Å². The first-order valence-corrected chi connectivity index (χ1v) is 7.21. The van der Waals surface area contributed by atoms with E-state index in [0.29, 0.717) is 23.1 Å². The number of benzene rings is 1. The zero-order valence-corrected chi connectivity index (χ0v) is 13.7. The van der Waals surface area contributed by atoms with Crippen molar-refractivity contribution in [1.82, 2.24) is 4.98 Å². The molecular formula is C17H22N2O3. The summed E-state index contributed by atoms with van der Waals surface area (Å²) < 4.78 is 11.0. The fourth-order valence-corrected chi connectivity index (χ4v) is 2.00. The number of aryl methyl sites for hydroxylation is 1. The first-order valence-electron chi connectivity index (χ1n) is 7.21. The molecule has 5 heteroatoms. The number of aromatic nitrogens is 1. The molecule has 0 atom stereocenters. The van der Waals surface area contributed by atoms with Gasteiger partial charge in [0.25, 0.3) is 0 Å². The molecule has 5 nitrogen and oxygen atoms in total. The normalized spacial score (nSPS) is 11.3. The standard InChI is InChI=1S/C17H22N2O3/c1-11-14(22-16(18-11)17(2,3)4)10-15(20)19-12-8-6-7-9-13(12)21-5/h6-9H,10H2,1-5H3,(H,19,20). The van der Waals surface area contributed by atoms with Crippen molar-refractivity contribution in [3.8, 4) is 5.75 Å². The van der Waals surface area contributed by atoms with E-state index in [-0.39, 0.29) is 17.7 Å². The highest BCUT2D eigenvalue weighted by Gasteiger charge is 2.23. The maximum absolute atomic E-state index is 12.2. The van der Waals surface area contributed by atoms with Gasteiger partial charge in [-0.1, -0.05) is 32.9 Å². The van der Waals surface area contributed by atoms with Crippen LogP contribution in [0.3, 0.4) is 0 Å². The third-order valence-electron chi connectivity index (χ3n) is 3.24. The number of oxazole rings is 1. The summed E-state index contributed by atoms with van der Waals surface area (Å²) in [6.07, 6.45) is 0.146. The van der Waals surface area contributed by atoms with Crippen LogP contribution in [0.5, 0.6) is 5.75 Å². The van der Waals surface area contributed by atoms with Crippen LogP contribution >= 0.6 is 0 Å². The maximum Gasteiger partial charge on any atom is 0.232 e. The Hall–Kier alpha value is -2.30. The lowest BCUT2D eigenvalue weighted by atomic mass is 9.97. The van der Waals surface area contributed by atoms with Crippen molar-refractivity contribution in [3.63, 3.8) is 0 Å². The molecule has 0 unspecified atom stereocenters. The molecule has 0 aliphatic carbocycles. The van der Waals surface area contributed by atoms with E-state index in [2.05, 4.69) is 10.3 Å². The molecule has 1 heterocycles. The summed E-state index contributed by atoms with van der Waals surface area (Å²) in [6, 6.07) is 7.29. The van der Waals surface area contributed by atoms with Gasteiger partial charge in [0.1, 0.15) is 11.5 Å². The van der Waals surface area contributed by atoms with Crippen molar-refractivity contribution in [2.45, 2.75) is 39.5 Å². The van der Waals surface area contributed by atoms with Gasteiger partial charge in [-0.25, -0.2) is 4.98 Å². The third-order valence-corrected chi connectivity index (χ3v) is 3.24. The smallest absolute Gasteiger partial charge is 0.232 e. The highest BCUT2D eigenvalue weighted by molar-refractivity contribution is 5.93. The van der Waals surface area contributed by atoms with Crippen molar-refractivity contribution in [2.24, 2.45) is 0 Å². The Kier molecular flexibility index (Phi) is 4.54. The summed E-state index contributed by atoms with van der Waals surface area (Å²) in [5.41, 5.74) is 1.21. The van der Waals surface area contributed by atoms with E-state index in [1.54, 1.807) is 19.2 Å². The summed E-state index contributed by atoms with van der Waals surface area (Å²) in [5, 5.41) is 2.83. The molecule has 0 fully saturated rings. The zero-order valence-electron chi connectivity index (χ0n) is 13.7. The van der Waals surface area contributed by atoms with Crippen molar-refractivity contribution >= 4 is 11.6 Å². The lowest BCUT2D eigenvalue weighted by Gasteiger charge is -2.12. The lowest BCUT2D eigenvalue weighted by Crippen LogP contribution is -2.15. The SMILES string of the molecule is COc1ccccc1NC(=O)Cc1oc(C(C)(C)C)nc1C. The van der Waals surface area contributed by atoms with Gasteiger partial charge in [-0.2, -0.15) is 0 Å². The fourth-order valence-electron chi connectivity index (χ4n) is 2.00. The van der Waals surface area contributed by atoms with Crippen LogP contribution in [-0.4, -0.2) is 18.0 Å². The molecule has 118 valence electrons. The summed E-state index contributed by atoms with van der Waals surface area (Å²) in [5.74, 6) is 1.70. The number of rotatable bonds is 4. The Balaban J connectivity index is 2.11. The minimum absolute atomic E-state index is 0.146. The highest BCUT2D eigenvalue weighted by atomic mass is 16.5. The molecule has 0 aliphatic heterocycles. The molecule has 1 N–H and O–H groups in total. The van der Waals surface area contributed by atoms with Crippen LogP contribution in [0.4, 0.5) is 5.69 Å². The minimum Gasteiger partial charge on any atom is -0.495 e. The van der Waals surface area contributed by atoms with E-state index in [1.165, 1.54) is 0 Å². The maximum atomic E-state index is 12.2. The number of amides is 1. The lowest BCUT2D eigenvalue weighted by molar-refractivity contribution is -0.115. The van der Waals surface area contributed by atoms with Crippen LogP contribution < -0.4 is 10.1 Å². The molecule has 1 amide bonds. The second kappa shape index (κ2) is 6.22. The van der Waals surface area contributed by atoms with E-state index in [9.17, 15) is 4.79 Å². The molecule has 1 aromatic heterocycles. The number of ether oxygens (including phenoxy) is 1. The zero-order chi connectivity index (χ0) is 16.3. The molecular weight excluding hydrogens is 280 g/mol. The number of para-hydroxylation sites is 2. The van der Waals surface area contributed by atoms with Gasteiger partial charge in [0, 0.05) is 5.41 Å². The second-order valence-corrected chi connectivity index (χ2v) is 6.20. The van der Waals surface area contributed by atoms with E-state index in [1.807, 2.05) is 39.8 Å². The molecule has 1 aromatic carbocycles. The Labute approximate surface area is 130 Å². The molecule has 0 spiro atoms. The van der Waals surface area contributed by atoms with Crippen LogP contribution in [0.2, 0.25) is 0 Å². The van der Waals surface area contributed by atoms with Crippen molar-refractivity contribution in [1.29, 1.82) is 0 Å². The number of nitrogens with one attached hydrogen (secondary N) is 1. The summed E-state index contributed by atoms with van der Waals surface area (Å²) >= 11 is 0. The average Bonchev–Trinajstić information content (AvgIpc) is 2.80. The molecule has 0 saturated carbocycles. The molecule has 0 bridgehead atoms. The fraction of sp³-hybridized carbons (Fsp3) is 0.412. The number of methoxy groups -OCH3 is 1. The number of carbonyl (C=O) groups excluding carboxylic acids is 1. The second-order valence-electron chi connectivity index (χ2n) is 6.20. The predicted octanol–water partition coefficient (Wildman–Crippen LogP) is 3.47. The Morgan fingerprint density at radius 3 is 2.59 bits per heavy atom. The highest BCUT2D eigenvalue weighted by Crippen LogP contribution is 2.25. The van der Waals surface area contributed by atoms with Crippen molar-refractivity contribution in [2.75, 3.05) is 12.4 Å². The summed E-state index contributed by atoms with van der Waals surface area (Å²) in [6.45, 7) is 7.93. The van der Waals surface area contributed by atoms with Gasteiger partial charge >= 0.3 is 0 Å². The number of hydrogen-bond donors (Lipinski definition) is 1. The molecule has 0 saturated heterocycles. The molecule has 22 heavy (non-hydrogen) atoms. The average molecular weight is 302 g/mol. The number of anilines is 1. The largest absolute Gasteiger partial charge is 0.495 e. The first-order chi connectivity index (χ1) is 10.3. The van der Waals surface area contributed by atoms with Gasteiger partial charge < -0.3 is 14.5 Å². The molecule has 2 aromatic rings. The monoisotopic (exact) mass is 302 g/mol. The van der Waals surface area contributed by atoms with E-state index >= 15 is 0 Å². The van der Waals surface area contributed by atoms with Crippen LogP contribution in [0, 0.1) is 6.92 Å². The van der Waals surface area contributed by atoms with Gasteiger partial charge in [-0.15, -0.1) is 0 Å². The Morgan fingerprint density at radius 1 is 1.32 bits per heavy atom. The Bertz CT molecular complexity index is 669. The van der Waals surface area contributed by atoms with Crippen LogP contribution in [-0.2, 0) is 16.6 Å². The Morgan fingerprint density at radius 2 is 2.00 bits per heavy atom. The number of carbonyl (C=O) groups is 1.